The number of carbonyl (C=O) groups is 1. The third kappa shape index (κ3) is 4.83. The van der Waals surface area contributed by atoms with E-state index >= 15 is 0 Å². The zero-order valence-corrected chi connectivity index (χ0v) is 17.9. The minimum atomic E-state index is -0.147. The molecule has 4 rings (SSSR count). The van der Waals surface area contributed by atoms with Gasteiger partial charge in [-0.25, -0.2) is 4.98 Å². The molecule has 156 valence electrons. The van der Waals surface area contributed by atoms with Crippen LogP contribution in [0, 0.1) is 0 Å². The average molecular weight is 431 g/mol. The molecular formula is C24H22N4O2S. The molecule has 0 radical (unpaired) electrons. The number of para-hydroxylation sites is 1. The predicted molar refractivity (Wildman–Crippen MR) is 124 cm³/mol. The highest BCUT2D eigenvalue weighted by Crippen LogP contribution is 2.21. The average Bonchev–Trinajstić information content (AvgIpc) is 2.82. The first-order valence-electron chi connectivity index (χ1n) is 10.1. The molecular weight excluding hydrogens is 408 g/mol. The van der Waals surface area contributed by atoms with Crippen molar-refractivity contribution in [1.29, 1.82) is 0 Å². The number of fused-ring (bicyclic) bond motifs is 1. The lowest BCUT2D eigenvalue weighted by Gasteiger charge is -2.13. The summed E-state index contributed by atoms with van der Waals surface area (Å²) in [6.45, 7) is 2.44. The van der Waals surface area contributed by atoms with Crippen molar-refractivity contribution in [3.63, 3.8) is 0 Å². The Kier molecular flexibility index (Phi) is 6.43. The van der Waals surface area contributed by atoms with Crippen molar-refractivity contribution < 1.29 is 4.79 Å². The van der Waals surface area contributed by atoms with E-state index in [-0.39, 0.29) is 17.2 Å². The van der Waals surface area contributed by atoms with E-state index in [1.54, 1.807) is 16.8 Å². The number of amides is 1. The zero-order chi connectivity index (χ0) is 21.6. The standard InChI is InChI=1S/C24H22N4O2S/c1-2-17-10-12-19(13-11-17)28-23(30)20-8-3-4-9-21(20)27-24(28)31-16-22(29)26-15-18-7-5-6-14-25-18/h3-14H,2,15-16H2,1H3,(H,26,29). The quantitative estimate of drug-likeness (QED) is 0.357. The van der Waals surface area contributed by atoms with Crippen LogP contribution in [0.1, 0.15) is 18.2 Å². The molecule has 0 bridgehead atoms. The molecule has 6 nitrogen and oxygen atoms in total. The fourth-order valence-electron chi connectivity index (χ4n) is 3.19. The molecule has 0 fully saturated rings. The Morgan fingerprint density at radius 3 is 2.55 bits per heavy atom. The molecule has 2 heterocycles. The van der Waals surface area contributed by atoms with Gasteiger partial charge in [0, 0.05) is 6.20 Å². The van der Waals surface area contributed by atoms with Crippen molar-refractivity contribution in [2.24, 2.45) is 0 Å². The van der Waals surface area contributed by atoms with E-state index in [1.807, 2.05) is 60.7 Å². The summed E-state index contributed by atoms with van der Waals surface area (Å²) in [7, 11) is 0. The molecule has 0 saturated heterocycles. The second-order valence-corrected chi connectivity index (χ2v) is 7.90. The van der Waals surface area contributed by atoms with Crippen molar-refractivity contribution in [1.82, 2.24) is 19.9 Å². The number of rotatable bonds is 7. The summed E-state index contributed by atoms with van der Waals surface area (Å²) in [5, 5.41) is 3.89. The molecule has 0 saturated carbocycles. The molecule has 31 heavy (non-hydrogen) atoms. The Morgan fingerprint density at radius 1 is 1.03 bits per heavy atom. The molecule has 0 unspecified atom stereocenters. The van der Waals surface area contributed by atoms with Gasteiger partial charge in [-0.05, 0) is 48.4 Å². The fraction of sp³-hybridized carbons (Fsp3) is 0.167. The maximum absolute atomic E-state index is 13.3. The molecule has 1 amide bonds. The summed E-state index contributed by atoms with van der Waals surface area (Å²) >= 11 is 1.24. The lowest BCUT2D eigenvalue weighted by molar-refractivity contribution is -0.118. The molecule has 7 heteroatoms. The van der Waals surface area contributed by atoms with Gasteiger partial charge in [0.1, 0.15) is 0 Å². The molecule has 1 N–H and O–H groups in total. The summed E-state index contributed by atoms with van der Waals surface area (Å²) in [6.07, 6.45) is 2.61. The second kappa shape index (κ2) is 9.57. The molecule has 0 aliphatic heterocycles. The third-order valence-electron chi connectivity index (χ3n) is 4.87. The van der Waals surface area contributed by atoms with Gasteiger partial charge in [-0.2, -0.15) is 0 Å². The number of aromatic nitrogens is 3. The Balaban J connectivity index is 1.61. The van der Waals surface area contributed by atoms with Crippen molar-refractivity contribution in [2.45, 2.75) is 25.0 Å². The van der Waals surface area contributed by atoms with E-state index in [0.29, 0.717) is 22.6 Å². The summed E-state index contributed by atoms with van der Waals surface area (Å²) in [4.78, 5) is 34.5. The number of hydrogen-bond acceptors (Lipinski definition) is 5. The van der Waals surface area contributed by atoms with E-state index in [4.69, 9.17) is 0 Å². The van der Waals surface area contributed by atoms with Crippen molar-refractivity contribution in [2.75, 3.05) is 5.75 Å². The van der Waals surface area contributed by atoms with Gasteiger partial charge in [-0.15, -0.1) is 0 Å². The van der Waals surface area contributed by atoms with Crippen LogP contribution in [0.25, 0.3) is 16.6 Å². The molecule has 0 spiro atoms. The van der Waals surface area contributed by atoms with Crippen molar-refractivity contribution in [3.8, 4) is 5.69 Å². The lowest BCUT2D eigenvalue weighted by atomic mass is 10.1. The van der Waals surface area contributed by atoms with Crippen LogP contribution in [0.3, 0.4) is 0 Å². The number of nitrogens with zero attached hydrogens (tertiary/aromatic N) is 3. The maximum atomic E-state index is 13.3. The van der Waals surface area contributed by atoms with Gasteiger partial charge in [0.05, 0.1) is 34.6 Å². The van der Waals surface area contributed by atoms with Gasteiger partial charge in [0.15, 0.2) is 5.16 Å². The smallest absolute Gasteiger partial charge is 0.266 e. The van der Waals surface area contributed by atoms with E-state index in [1.165, 1.54) is 17.3 Å². The minimum absolute atomic E-state index is 0.144. The Bertz CT molecular complexity index is 1250. The molecule has 2 aromatic carbocycles. The van der Waals surface area contributed by atoms with Gasteiger partial charge < -0.3 is 5.32 Å². The first kappa shape index (κ1) is 20.8. The van der Waals surface area contributed by atoms with Crippen LogP contribution in [0.15, 0.2) is 82.9 Å². The van der Waals surface area contributed by atoms with Crippen LogP contribution in [-0.4, -0.2) is 26.2 Å². The number of hydrogen-bond donors (Lipinski definition) is 1. The Hall–Kier alpha value is -3.45. The number of benzene rings is 2. The highest BCUT2D eigenvalue weighted by Gasteiger charge is 2.15. The second-order valence-electron chi connectivity index (χ2n) is 6.96. The number of nitrogens with one attached hydrogen (secondary N) is 1. The Labute approximate surface area is 184 Å². The summed E-state index contributed by atoms with van der Waals surface area (Å²) in [5.74, 6) is -0.00377. The number of thioether (sulfide) groups is 1. The van der Waals surface area contributed by atoms with Crippen molar-refractivity contribution in [3.05, 3.63) is 94.5 Å². The van der Waals surface area contributed by atoms with Gasteiger partial charge >= 0.3 is 0 Å². The molecule has 0 atom stereocenters. The highest BCUT2D eigenvalue weighted by atomic mass is 32.2. The Morgan fingerprint density at radius 2 is 1.81 bits per heavy atom. The van der Waals surface area contributed by atoms with Gasteiger partial charge in [-0.3, -0.25) is 19.1 Å². The normalized spacial score (nSPS) is 10.9. The highest BCUT2D eigenvalue weighted by molar-refractivity contribution is 7.99. The van der Waals surface area contributed by atoms with Crippen LogP contribution >= 0.6 is 11.8 Å². The number of carbonyl (C=O) groups excluding carboxylic acids is 1. The molecule has 4 aromatic rings. The number of aryl methyl sites for hydroxylation is 1. The van der Waals surface area contributed by atoms with E-state index in [2.05, 4.69) is 22.2 Å². The SMILES string of the molecule is CCc1ccc(-n2c(SCC(=O)NCc3ccccn3)nc3ccccc3c2=O)cc1. The molecule has 0 aliphatic carbocycles. The first-order chi connectivity index (χ1) is 15.2. The lowest BCUT2D eigenvalue weighted by Crippen LogP contribution is -2.26. The molecule has 2 aromatic heterocycles. The number of pyridine rings is 1. The maximum Gasteiger partial charge on any atom is 0.266 e. The zero-order valence-electron chi connectivity index (χ0n) is 17.1. The first-order valence-corrected chi connectivity index (χ1v) is 11.0. The van der Waals surface area contributed by atoms with Crippen LogP contribution in [0.4, 0.5) is 0 Å². The van der Waals surface area contributed by atoms with Crippen LogP contribution in [0.2, 0.25) is 0 Å². The minimum Gasteiger partial charge on any atom is -0.350 e. The molecule has 0 aliphatic rings. The fourth-order valence-corrected chi connectivity index (χ4v) is 4.03. The van der Waals surface area contributed by atoms with Crippen LogP contribution in [-0.2, 0) is 17.8 Å². The third-order valence-corrected chi connectivity index (χ3v) is 5.81. The van der Waals surface area contributed by atoms with E-state index in [0.717, 1.165) is 17.8 Å². The van der Waals surface area contributed by atoms with Gasteiger partial charge in [-0.1, -0.05) is 49.0 Å². The van der Waals surface area contributed by atoms with E-state index < -0.39 is 0 Å². The van der Waals surface area contributed by atoms with E-state index in [9.17, 15) is 9.59 Å². The predicted octanol–water partition coefficient (Wildman–Crippen LogP) is 3.75. The summed E-state index contributed by atoms with van der Waals surface area (Å²) < 4.78 is 1.58. The largest absolute Gasteiger partial charge is 0.350 e. The van der Waals surface area contributed by atoms with Crippen LogP contribution < -0.4 is 10.9 Å². The summed E-state index contributed by atoms with van der Waals surface area (Å²) in [6, 6.07) is 20.7. The van der Waals surface area contributed by atoms with Crippen LogP contribution in [0.5, 0.6) is 0 Å². The topological polar surface area (TPSA) is 76.9 Å². The summed E-state index contributed by atoms with van der Waals surface area (Å²) in [5.41, 5.74) is 3.18. The van der Waals surface area contributed by atoms with Gasteiger partial charge in [0.25, 0.3) is 5.56 Å². The van der Waals surface area contributed by atoms with Gasteiger partial charge in [0.2, 0.25) is 5.91 Å². The van der Waals surface area contributed by atoms with Crippen molar-refractivity contribution >= 4 is 28.6 Å². The monoisotopic (exact) mass is 430 g/mol.